The molecule has 6 nitrogen and oxygen atoms in total. The number of nitrogens with one attached hydrogen (secondary N) is 2. The molecule has 1 saturated heterocycles. The fourth-order valence-electron chi connectivity index (χ4n) is 3.63. The van der Waals surface area contributed by atoms with E-state index in [4.69, 9.17) is 4.52 Å². The molecule has 1 aromatic carbocycles. The van der Waals surface area contributed by atoms with Crippen molar-refractivity contribution in [3.8, 4) is 0 Å². The maximum absolute atomic E-state index is 5.22. The van der Waals surface area contributed by atoms with E-state index in [-0.39, 0.29) is 24.0 Å². The molecule has 1 fully saturated rings. The highest BCUT2D eigenvalue weighted by atomic mass is 127. The molecule has 1 aromatic heterocycles. The van der Waals surface area contributed by atoms with Crippen LogP contribution in [0.15, 0.2) is 39.8 Å². The molecule has 0 saturated carbocycles. The molecule has 3 rings (SSSR count). The van der Waals surface area contributed by atoms with Gasteiger partial charge in [0.1, 0.15) is 5.76 Å². The zero-order valence-electron chi connectivity index (χ0n) is 17.1. The molecule has 0 atom stereocenters. The summed E-state index contributed by atoms with van der Waals surface area (Å²) in [5.41, 5.74) is 3.55. The van der Waals surface area contributed by atoms with E-state index in [1.165, 1.54) is 11.1 Å². The Bertz CT molecular complexity index is 719. The first-order chi connectivity index (χ1) is 13.2. The van der Waals surface area contributed by atoms with Crippen LogP contribution in [0.4, 0.5) is 0 Å². The van der Waals surface area contributed by atoms with E-state index in [9.17, 15) is 0 Å². The summed E-state index contributed by atoms with van der Waals surface area (Å²) >= 11 is 0. The topological polar surface area (TPSA) is 65.7 Å². The Morgan fingerprint density at radius 1 is 1.21 bits per heavy atom. The van der Waals surface area contributed by atoms with Gasteiger partial charge in [-0.05, 0) is 38.7 Å². The van der Waals surface area contributed by atoms with Crippen LogP contribution in [0, 0.1) is 13.8 Å². The standard InChI is InChI=1S/C21H31N5O.HI/c1-16-20(17(2)27-25-16)9-12-23-21(22-3)24-19-10-13-26(14-11-19)15-18-7-5-4-6-8-18;/h4-8,19H,9-15H2,1-3H3,(H2,22,23,24);1H. The molecule has 154 valence electrons. The summed E-state index contributed by atoms with van der Waals surface area (Å²) in [5.74, 6) is 1.78. The summed E-state index contributed by atoms with van der Waals surface area (Å²) in [6.45, 7) is 8.03. The molecule has 0 bridgehead atoms. The number of aryl methyl sites for hydroxylation is 2. The monoisotopic (exact) mass is 497 g/mol. The van der Waals surface area contributed by atoms with Crippen molar-refractivity contribution in [1.29, 1.82) is 0 Å². The average Bonchev–Trinajstić information content (AvgIpc) is 3.01. The van der Waals surface area contributed by atoms with Gasteiger partial charge in [0.25, 0.3) is 0 Å². The number of hydrogen-bond acceptors (Lipinski definition) is 4. The molecule has 1 aliphatic heterocycles. The highest BCUT2D eigenvalue weighted by Gasteiger charge is 2.20. The molecular weight excluding hydrogens is 465 g/mol. The number of hydrogen-bond donors (Lipinski definition) is 2. The second-order valence-electron chi connectivity index (χ2n) is 7.23. The van der Waals surface area contributed by atoms with Gasteiger partial charge < -0.3 is 15.2 Å². The van der Waals surface area contributed by atoms with Crippen LogP contribution in [-0.4, -0.2) is 48.7 Å². The maximum atomic E-state index is 5.22. The smallest absolute Gasteiger partial charge is 0.191 e. The van der Waals surface area contributed by atoms with Crippen LogP contribution in [0.3, 0.4) is 0 Å². The summed E-state index contributed by atoms with van der Waals surface area (Å²) in [7, 11) is 1.83. The lowest BCUT2D eigenvalue weighted by Gasteiger charge is -2.33. The zero-order valence-corrected chi connectivity index (χ0v) is 19.4. The lowest BCUT2D eigenvalue weighted by Crippen LogP contribution is -2.48. The SMILES string of the molecule is CN=C(NCCc1c(C)noc1C)NC1CCN(Cc2ccccc2)CC1.I. The second kappa shape index (κ2) is 11.4. The summed E-state index contributed by atoms with van der Waals surface area (Å²) in [5, 5.41) is 11.0. The Balaban J connectivity index is 0.00000280. The van der Waals surface area contributed by atoms with Crippen molar-refractivity contribution in [2.75, 3.05) is 26.7 Å². The predicted molar refractivity (Wildman–Crippen MR) is 124 cm³/mol. The summed E-state index contributed by atoms with van der Waals surface area (Å²) in [6, 6.07) is 11.2. The fourth-order valence-corrected chi connectivity index (χ4v) is 3.63. The molecule has 0 amide bonds. The van der Waals surface area contributed by atoms with Crippen molar-refractivity contribution >= 4 is 29.9 Å². The van der Waals surface area contributed by atoms with Crippen LogP contribution in [-0.2, 0) is 13.0 Å². The lowest BCUT2D eigenvalue weighted by atomic mass is 10.0. The number of halogens is 1. The number of guanidine groups is 1. The van der Waals surface area contributed by atoms with Gasteiger partial charge in [0.15, 0.2) is 5.96 Å². The Morgan fingerprint density at radius 2 is 1.93 bits per heavy atom. The Morgan fingerprint density at radius 3 is 2.54 bits per heavy atom. The number of rotatable bonds is 6. The minimum atomic E-state index is 0. The third-order valence-electron chi connectivity index (χ3n) is 5.25. The summed E-state index contributed by atoms with van der Waals surface area (Å²) in [6.07, 6.45) is 3.16. The Hall–Kier alpha value is -1.61. The van der Waals surface area contributed by atoms with Gasteiger partial charge in [0, 0.05) is 44.8 Å². The average molecular weight is 497 g/mol. The quantitative estimate of drug-likeness (QED) is 0.365. The van der Waals surface area contributed by atoms with Crippen molar-refractivity contribution in [2.24, 2.45) is 4.99 Å². The highest BCUT2D eigenvalue weighted by molar-refractivity contribution is 14.0. The van der Waals surface area contributed by atoms with Gasteiger partial charge in [-0.3, -0.25) is 9.89 Å². The molecule has 7 heteroatoms. The van der Waals surface area contributed by atoms with Crippen LogP contribution in [0.5, 0.6) is 0 Å². The van der Waals surface area contributed by atoms with Gasteiger partial charge in [-0.25, -0.2) is 0 Å². The summed E-state index contributed by atoms with van der Waals surface area (Å²) in [4.78, 5) is 6.90. The molecule has 28 heavy (non-hydrogen) atoms. The summed E-state index contributed by atoms with van der Waals surface area (Å²) < 4.78 is 5.22. The van der Waals surface area contributed by atoms with Crippen LogP contribution < -0.4 is 10.6 Å². The van der Waals surface area contributed by atoms with Crippen LogP contribution in [0.25, 0.3) is 0 Å². The van der Waals surface area contributed by atoms with E-state index < -0.39 is 0 Å². The highest BCUT2D eigenvalue weighted by Crippen LogP contribution is 2.14. The number of aromatic nitrogens is 1. The number of likely N-dealkylation sites (tertiary alicyclic amines) is 1. The van der Waals surface area contributed by atoms with E-state index in [0.29, 0.717) is 6.04 Å². The lowest BCUT2D eigenvalue weighted by molar-refractivity contribution is 0.198. The molecule has 1 aliphatic rings. The first kappa shape index (κ1) is 22.7. The minimum absolute atomic E-state index is 0. The van der Waals surface area contributed by atoms with Crippen molar-refractivity contribution in [1.82, 2.24) is 20.7 Å². The van der Waals surface area contributed by atoms with Gasteiger partial charge in [-0.2, -0.15) is 0 Å². The second-order valence-corrected chi connectivity index (χ2v) is 7.23. The third kappa shape index (κ3) is 6.48. The van der Waals surface area contributed by atoms with E-state index in [2.05, 4.69) is 56.0 Å². The van der Waals surface area contributed by atoms with Crippen molar-refractivity contribution < 1.29 is 4.52 Å². The first-order valence-electron chi connectivity index (χ1n) is 9.81. The first-order valence-corrected chi connectivity index (χ1v) is 9.81. The predicted octanol–water partition coefficient (Wildman–Crippen LogP) is 3.28. The van der Waals surface area contributed by atoms with Gasteiger partial charge in [0.05, 0.1) is 5.69 Å². The van der Waals surface area contributed by atoms with Crippen molar-refractivity contribution in [3.63, 3.8) is 0 Å². The van der Waals surface area contributed by atoms with Crippen molar-refractivity contribution in [2.45, 2.75) is 45.7 Å². The number of aliphatic imine (C=N–C) groups is 1. The molecule has 0 unspecified atom stereocenters. The van der Waals surface area contributed by atoms with E-state index in [1.54, 1.807) is 0 Å². The van der Waals surface area contributed by atoms with Crippen LogP contribution in [0.1, 0.15) is 35.4 Å². The van der Waals surface area contributed by atoms with Crippen LogP contribution >= 0.6 is 24.0 Å². The molecular formula is C21H32IN5O. The van der Waals surface area contributed by atoms with Gasteiger partial charge in [-0.1, -0.05) is 35.5 Å². The molecule has 2 heterocycles. The molecule has 0 radical (unpaired) electrons. The molecule has 2 aromatic rings. The van der Waals surface area contributed by atoms with E-state index in [1.807, 2.05) is 20.9 Å². The van der Waals surface area contributed by atoms with Gasteiger partial charge >= 0.3 is 0 Å². The number of nitrogens with zero attached hydrogens (tertiary/aromatic N) is 3. The van der Waals surface area contributed by atoms with Gasteiger partial charge in [0.2, 0.25) is 0 Å². The molecule has 0 aliphatic carbocycles. The maximum Gasteiger partial charge on any atom is 0.191 e. The van der Waals surface area contributed by atoms with Crippen molar-refractivity contribution in [3.05, 3.63) is 52.9 Å². The van der Waals surface area contributed by atoms with Gasteiger partial charge in [-0.15, -0.1) is 24.0 Å². The molecule has 0 spiro atoms. The molecule has 2 N–H and O–H groups in total. The van der Waals surface area contributed by atoms with E-state index >= 15 is 0 Å². The Labute approximate surface area is 185 Å². The van der Waals surface area contributed by atoms with Crippen LogP contribution in [0.2, 0.25) is 0 Å². The van der Waals surface area contributed by atoms with E-state index in [0.717, 1.165) is 62.9 Å². The zero-order chi connectivity index (χ0) is 19.1. The normalized spacial score (nSPS) is 15.9. The largest absolute Gasteiger partial charge is 0.361 e. The third-order valence-corrected chi connectivity index (χ3v) is 5.25. The fraction of sp³-hybridized carbons (Fsp3) is 0.524. The number of benzene rings is 1. The number of piperidine rings is 1. The minimum Gasteiger partial charge on any atom is -0.361 e. The Kier molecular flexibility index (Phi) is 9.24.